The first-order valence-electron chi connectivity index (χ1n) is 11.8. The van der Waals surface area contributed by atoms with Gasteiger partial charge in [-0.15, -0.1) is 0 Å². The Morgan fingerprint density at radius 2 is 1.48 bits per heavy atom. The molecule has 178 valence electrons. The van der Waals surface area contributed by atoms with Crippen molar-refractivity contribution in [1.82, 2.24) is 4.90 Å². The molecule has 0 spiro atoms. The molecule has 0 bridgehead atoms. The van der Waals surface area contributed by atoms with E-state index >= 15 is 0 Å². The number of aromatic hydroxyl groups is 1. The van der Waals surface area contributed by atoms with Crippen molar-refractivity contribution in [3.8, 4) is 11.5 Å². The van der Waals surface area contributed by atoms with Crippen LogP contribution in [-0.4, -0.2) is 34.7 Å². The highest BCUT2D eigenvalue weighted by atomic mass is 79.9. The van der Waals surface area contributed by atoms with Crippen molar-refractivity contribution in [3.63, 3.8) is 0 Å². The molecule has 0 atom stereocenters. The Morgan fingerprint density at radius 1 is 0.970 bits per heavy atom. The van der Waals surface area contributed by atoms with Crippen LogP contribution >= 0.6 is 15.9 Å². The zero-order valence-electron chi connectivity index (χ0n) is 20.5. The second kappa shape index (κ2) is 8.30. The number of carbonyl (C=O) groups is 2. The van der Waals surface area contributed by atoms with Crippen LogP contribution in [0.4, 0.5) is 0 Å². The zero-order chi connectivity index (χ0) is 24.3. The van der Waals surface area contributed by atoms with Crippen molar-refractivity contribution in [2.45, 2.75) is 73.1 Å². The van der Waals surface area contributed by atoms with Crippen LogP contribution < -0.4 is 4.74 Å². The summed E-state index contributed by atoms with van der Waals surface area (Å²) < 4.78 is 6.19. The molecule has 0 unspecified atom stereocenters. The van der Waals surface area contributed by atoms with Gasteiger partial charge < -0.3 is 14.7 Å². The number of nitrogens with zero attached hydrogens (tertiary/aromatic N) is 1. The number of Topliss-reactive ketones (excluding diaryl/α,β-unsaturated/α-hetero) is 2. The van der Waals surface area contributed by atoms with Crippen molar-refractivity contribution in [3.05, 3.63) is 44.7 Å². The lowest BCUT2D eigenvalue weighted by Crippen LogP contribution is -2.44. The van der Waals surface area contributed by atoms with Crippen LogP contribution in [0.25, 0.3) is 0 Å². The first-order chi connectivity index (χ1) is 15.4. The Kier molecular flexibility index (Phi) is 6.05. The smallest absolute Gasteiger partial charge is 0.172 e. The van der Waals surface area contributed by atoms with Gasteiger partial charge in [0, 0.05) is 47.8 Å². The summed E-state index contributed by atoms with van der Waals surface area (Å²) in [5.74, 6) is 0.159. The monoisotopic (exact) mass is 515 g/mol. The molecule has 0 fully saturated rings. The summed E-state index contributed by atoms with van der Waals surface area (Å²) in [6.45, 7) is 13.6. The molecule has 0 aromatic heterocycles. The molecule has 3 aliphatic rings. The van der Waals surface area contributed by atoms with Crippen molar-refractivity contribution in [2.24, 2.45) is 10.8 Å². The second-order valence-corrected chi connectivity index (χ2v) is 11.9. The van der Waals surface area contributed by atoms with E-state index in [1.165, 1.54) is 0 Å². The van der Waals surface area contributed by atoms with Crippen LogP contribution in [0.2, 0.25) is 0 Å². The van der Waals surface area contributed by atoms with Crippen molar-refractivity contribution in [1.29, 1.82) is 0 Å². The van der Waals surface area contributed by atoms with Gasteiger partial charge in [0.1, 0.15) is 0 Å². The summed E-state index contributed by atoms with van der Waals surface area (Å²) in [6.07, 6.45) is 2.50. The van der Waals surface area contributed by atoms with Gasteiger partial charge >= 0.3 is 0 Å². The normalized spacial score (nSPS) is 22.5. The summed E-state index contributed by atoms with van der Waals surface area (Å²) >= 11 is 3.46. The summed E-state index contributed by atoms with van der Waals surface area (Å²) in [7, 11) is 0. The minimum absolute atomic E-state index is 0.0298. The van der Waals surface area contributed by atoms with Crippen molar-refractivity contribution < 1.29 is 19.4 Å². The van der Waals surface area contributed by atoms with E-state index in [0.717, 1.165) is 47.5 Å². The van der Waals surface area contributed by atoms with Crippen LogP contribution in [0.1, 0.15) is 78.7 Å². The van der Waals surface area contributed by atoms with Crippen molar-refractivity contribution in [2.75, 3.05) is 13.2 Å². The molecule has 33 heavy (non-hydrogen) atoms. The first kappa shape index (κ1) is 24.1. The zero-order valence-corrected chi connectivity index (χ0v) is 22.1. The van der Waals surface area contributed by atoms with Gasteiger partial charge in [-0.1, -0.05) is 27.7 Å². The number of carbonyl (C=O) groups excluding carboxylic acids is 2. The number of ketones is 2. The van der Waals surface area contributed by atoms with Gasteiger partial charge in [0.05, 0.1) is 11.1 Å². The topological polar surface area (TPSA) is 66.8 Å². The maximum Gasteiger partial charge on any atom is 0.172 e. The van der Waals surface area contributed by atoms with Gasteiger partial charge in [-0.3, -0.25) is 9.59 Å². The molecule has 1 aliphatic heterocycles. The van der Waals surface area contributed by atoms with Crippen LogP contribution in [0.3, 0.4) is 0 Å². The van der Waals surface area contributed by atoms with Gasteiger partial charge in [-0.05, 0) is 71.1 Å². The third kappa shape index (κ3) is 4.16. The van der Waals surface area contributed by atoms with Gasteiger partial charge in [-0.25, -0.2) is 0 Å². The molecular weight excluding hydrogens is 482 g/mol. The Hall–Kier alpha value is -2.08. The Labute approximate surface area is 205 Å². The van der Waals surface area contributed by atoms with Crippen LogP contribution in [0.5, 0.6) is 11.5 Å². The largest absolute Gasteiger partial charge is 0.503 e. The fourth-order valence-corrected chi connectivity index (χ4v) is 6.25. The predicted octanol–water partition coefficient (Wildman–Crippen LogP) is 6.26. The van der Waals surface area contributed by atoms with E-state index in [0.29, 0.717) is 29.7 Å². The molecule has 1 aromatic carbocycles. The van der Waals surface area contributed by atoms with Gasteiger partial charge in [0.15, 0.2) is 23.1 Å². The molecule has 1 heterocycles. The molecule has 1 N–H and O–H groups in total. The quantitative estimate of drug-likeness (QED) is 0.512. The molecule has 2 aliphatic carbocycles. The summed E-state index contributed by atoms with van der Waals surface area (Å²) in [6, 6.07) is 3.63. The minimum Gasteiger partial charge on any atom is -0.503 e. The van der Waals surface area contributed by atoms with E-state index < -0.39 is 5.92 Å². The molecule has 6 heteroatoms. The maximum absolute atomic E-state index is 13.6. The fourth-order valence-electron chi connectivity index (χ4n) is 5.79. The molecule has 0 radical (unpaired) electrons. The third-order valence-corrected chi connectivity index (χ3v) is 7.63. The number of phenols is 1. The third-order valence-electron chi connectivity index (χ3n) is 7.02. The van der Waals surface area contributed by atoms with E-state index in [1.807, 2.05) is 13.0 Å². The Bertz CT molecular complexity index is 1040. The highest BCUT2D eigenvalue weighted by molar-refractivity contribution is 9.10. The van der Waals surface area contributed by atoms with Gasteiger partial charge in [-0.2, -0.15) is 0 Å². The molecular formula is C27H34BrNO4. The maximum atomic E-state index is 13.6. The standard InChI is InChI=1S/C27H34BrNO4/c1-7-29-17-11-26(3,4)13-19(30)23(17)22(24-18(29)12-27(5,6)14-20(24)31)15-9-16(28)25(32)21(10-15)33-8-2/h9-10,22,32H,7-8,11-14H2,1-6H3. The Balaban J connectivity index is 2.01. The van der Waals surface area contributed by atoms with E-state index in [4.69, 9.17) is 4.74 Å². The average Bonchev–Trinajstić information content (AvgIpc) is 2.68. The summed E-state index contributed by atoms with van der Waals surface area (Å²) in [5, 5.41) is 10.5. The highest BCUT2D eigenvalue weighted by Crippen LogP contribution is 2.55. The second-order valence-electron chi connectivity index (χ2n) is 11.1. The first-order valence-corrected chi connectivity index (χ1v) is 12.6. The lowest BCUT2D eigenvalue weighted by molar-refractivity contribution is -0.119. The summed E-state index contributed by atoms with van der Waals surface area (Å²) in [5.41, 5.74) is 4.12. The van der Waals surface area contributed by atoms with Crippen LogP contribution in [-0.2, 0) is 9.59 Å². The number of halogens is 1. The number of hydrogen-bond donors (Lipinski definition) is 1. The highest BCUT2D eigenvalue weighted by Gasteiger charge is 2.48. The van der Waals surface area contributed by atoms with E-state index in [1.54, 1.807) is 6.07 Å². The number of allylic oxidation sites excluding steroid dienone is 4. The van der Waals surface area contributed by atoms with E-state index in [2.05, 4.69) is 55.4 Å². The molecule has 0 saturated carbocycles. The molecule has 0 saturated heterocycles. The average molecular weight is 516 g/mol. The summed E-state index contributed by atoms with van der Waals surface area (Å²) in [4.78, 5) is 29.5. The predicted molar refractivity (Wildman–Crippen MR) is 132 cm³/mol. The molecule has 0 amide bonds. The molecule has 5 nitrogen and oxygen atoms in total. The fraction of sp³-hybridized carbons (Fsp3) is 0.556. The van der Waals surface area contributed by atoms with Crippen LogP contribution in [0, 0.1) is 10.8 Å². The van der Waals surface area contributed by atoms with Crippen molar-refractivity contribution >= 4 is 27.5 Å². The van der Waals surface area contributed by atoms with Gasteiger partial charge in [0.25, 0.3) is 0 Å². The van der Waals surface area contributed by atoms with E-state index in [9.17, 15) is 14.7 Å². The SMILES string of the molecule is CCOc1cc(C2C3=C(CC(C)(C)CC3=O)N(CC)C3=C2C(=O)CC(C)(C)C3)cc(Br)c1O. The van der Waals surface area contributed by atoms with Gasteiger partial charge in [0.2, 0.25) is 0 Å². The number of phenolic OH excluding ortho intramolecular Hbond substituents is 1. The number of hydrogen-bond acceptors (Lipinski definition) is 5. The number of rotatable bonds is 4. The van der Waals surface area contributed by atoms with E-state index in [-0.39, 0.29) is 28.1 Å². The van der Waals surface area contributed by atoms with Crippen LogP contribution in [0.15, 0.2) is 39.1 Å². The molecule has 1 aromatic rings. The lowest BCUT2D eigenvalue weighted by atomic mass is 9.63. The number of benzene rings is 1. The number of ether oxygens (including phenoxy) is 1. The Morgan fingerprint density at radius 3 is 1.94 bits per heavy atom. The lowest BCUT2D eigenvalue weighted by Gasteiger charge is -2.49. The minimum atomic E-state index is -0.443. The molecule has 4 rings (SSSR count).